The molecule has 0 saturated carbocycles. The number of carboxylic acids is 1. The van der Waals surface area contributed by atoms with Crippen molar-refractivity contribution >= 4 is 39.8 Å². The van der Waals surface area contributed by atoms with Crippen LogP contribution in [0.1, 0.15) is 22.2 Å². The average Bonchev–Trinajstić information content (AvgIpc) is 3.37. The summed E-state index contributed by atoms with van der Waals surface area (Å²) in [6, 6.07) is 12.6. The summed E-state index contributed by atoms with van der Waals surface area (Å²) in [5, 5.41) is 12.5. The second-order valence-electron chi connectivity index (χ2n) is 7.51. The van der Waals surface area contributed by atoms with Gasteiger partial charge in [-0.25, -0.2) is 4.98 Å². The molecule has 1 atom stereocenters. The SMILES string of the molecule is COc1ccc(-c2nc3c(s2)CN(C(C(=O)O)c2c[nH]c4cc(Cl)ccc24)CC3)cc1. The second-order valence-corrected chi connectivity index (χ2v) is 9.03. The van der Waals surface area contributed by atoms with Crippen molar-refractivity contribution in [2.75, 3.05) is 13.7 Å². The highest BCUT2D eigenvalue weighted by molar-refractivity contribution is 7.15. The van der Waals surface area contributed by atoms with Gasteiger partial charge >= 0.3 is 5.97 Å². The molecule has 0 amide bonds. The zero-order chi connectivity index (χ0) is 21.5. The van der Waals surface area contributed by atoms with E-state index in [0.717, 1.165) is 49.8 Å². The monoisotopic (exact) mass is 453 g/mol. The Kier molecular flexibility index (Phi) is 5.17. The Labute approximate surface area is 188 Å². The molecule has 0 radical (unpaired) electrons. The van der Waals surface area contributed by atoms with Crippen LogP contribution in [0.5, 0.6) is 5.75 Å². The third-order valence-electron chi connectivity index (χ3n) is 5.67. The molecule has 0 spiro atoms. The Morgan fingerprint density at radius 3 is 2.84 bits per heavy atom. The Morgan fingerprint density at radius 1 is 1.29 bits per heavy atom. The average molecular weight is 454 g/mol. The number of ether oxygens (including phenoxy) is 1. The van der Waals surface area contributed by atoms with Gasteiger partial charge in [-0.15, -0.1) is 11.3 Å². The molecule has 1 aliphatic rings. The molecule has 5 rings (SSSR count). The molecule has 1 unspecified atom stereocenters. The molecule has 3 heterocycles. The number of aromatic nitrogens is 2. The van der Waals surface area contributed by atoms with Gasteiger partial charge < -0.3 is 14.8 Å². The Bertz CT molecular complexity index is 1270. The number of methoxy groups -OCH3 is 1. The second kappa shape index (κ2) is 8.00. The minimum absolute atomic E-state index is 0.556. The first-order valence-electron chi connectivity index (χ1n) is 9.90. The van der Waals surface area contributed by atoms with Crippen LogP contribution in [0.15, 0.2) is 48.7 Å². The summed E-state index contributed by atoms with van der Waals surface area (Å²) in [5.41, 5.74) is 3.69. The van der Waals surface area contributed by atoms with Crippen molar-refractivity contribution in [3.8, 4) is 16.3 Å². The molecule has 6 nitrogen and oxygen atoms in total. The molecule has 158 valence electrons. The lowest BCUT2D eigenvalue weighted by Gasteiger charge is -2.31. The minimum Gasteiger partial charge on any atom is -0.497 e. The van der Waals surface area contributed by atoms with E-state index in [1.165, 1.54) is 0 Å². The van der Waals surface area contributed by atoms with E-state index in [-0.39, 0.29) is 0 Å². The molecule has 0 aliphatic carbocycles. The quantitative estimate of drug-likeness (QED) is 0.437. The van der Waals surface area contributed by atoms with Crippen LogP contribution < -0.4 is 4.74 Å². The van der Waals surface area contributed by atoms with Crippen LogP contribution in [0, 0.1) is 0 Å². The standard InChI is InChI=1S/C23H20ClN3O3S/c1-30-15-5-2-13(3-6-15)22-26-18-8-9-27(12-20(18)31-22)21(23(28)29)17-11-25-19-10-14(24)4-7-16(17)19/h2-7,10-11,21,25H,8-9,12H2,1H3,(H,28,29). The van der Waals surface area contributed by atoms with E-state index in [1.54, 1.807) is 30.7 Å². The maximum Gasteiger partial charge on any atom is 0.325 e. The minimum atomic E-state index is -0.862. The van der Waals surface area contributed by atoms with E-state index in [9.17, 15) is 9.90 Å². The molecule has 2 aromatic carbocycles. The fraction of sp³-hybridized carbons (Fsp3) is 0.217. The van der Waals surface area contributed by atoms with E-state index in [4.69, 9.17) is 21.3 Å². The van der Waals surface area contributed by atoms with Crippen LogP contribution in [0.2, 0.25) is 5.02 Å². The van der Waals surface area contributed by atoms with Crippen molar-refractivity contribution in [1.82, 2.24) is 14.9 Å². The number of hydrogen-bond donors (Lipinski definition) is 2. The van der Waals surface area contributed by atoms with Gasteiger partial charge in [0.15, 0.2) is 0 Å². The Hall–Kier alpha value is -2.87. The molecule has 8 heteroatoms. The number of fused-ring (bicyclic) bond motifs is 2. The maximum absolute atomic E-state index is 12.3. The third-order valence-corrected chi connectivity index (χ3v) is 7.03. The molecule has 1 aliphatic heterocycles. The molecule has 0 fully saturated rings. The number of carboxylic acid groups (broad SMARTS) is 1. The van der Waals surface area contributed by atoms with Gasteiger partial charge in [0.05, 0.1) is 12.8 Å². The predicted molar refractivity (Wildman–Crippen MR) is 122 cm³/mol. The van der Waals surface area contributed by atoms with E-state index in [2.05, 4.69) is 4.98 Å². The lowest BCUT2D eigenvalue weighted by molar-refractivity contribution is -0.144. The summed E-state index contributed by atoms with van der Waals surface area (Å²) < 4.78 is 5.23. The highest BCUT2D eigenvalue weighted by Crippen LogP contribution is 2.37. The normalized spacial score (nSPS) is 15.0. The summed E-state index contributed by atoms with van der Waals surface area (Å²) in [7, 11) is 1.65. The zero-order valence-electron chi connectivity index (χ0n) is 16.8. The number of carbonyl (C=O) groups is 1. The number of rotatable bonds is 5. The maximum atomic E-state index is 12.3. The van der Waals surface area contributed by atoms with Crippen LogP contribution in [0.3, 0.4) is 0 Å². The number of nitrogens with zero attached hydrogens (tertiary/aromatic N) is 2. The fourth-order valence-electron chi connectivity index (χ4n) is 4.13. The summed E-state index contributed by atoms with van der Waals surface area (Å²) in [5.74, 6) is -0.0558. The fourth-order valence-corrected chi connectivity index (χ4v) is 5.44. The van der Waals surface area contributed by atoms with Crippen molar-refractivity contribution in [1.29, 1.82) is 0 Å². The van der Waals surface area contributed by atoms with Gasteiger partial charge in [-0.2, -0.15) is 0 Å². The van der Waals surface area contributed by atoms with Gasteiger partial charge in [-0.05, 0) is 36.4 Å². The summed E-state index contributed by atoms with van der Waals surface area (Å²) in [4.78, 5) is 23.4. The number of halogens is 1. The third kappa shape index (κ3) is 3.69. The Balaban J connectivity index is 1.45. The van der Waals surface area contributed by atoms with Crippen LogP contribution >= 0.6 is 22.9 Å². The van der Waals surface area contributed by atoms with Crippen molar-refractivity contribution in [2.45, 2.75) is 19.0 Å². The molecule has 4 aromatic rings. The number of benzene rings is 2. The number of hydrogen-bond acceptors (Lipinski definition) is 5. The van der Waals surface area contributed by atoms with E-state index in [0.29, 0.717) is 18.1 Å². The Morgan fingerprint density at radius 2 is 2.10 bits per heavy atom. The molecule has 2 N–H and O–H groups in total. The van der Waals surface area contributed by atoms with Gasteiger partial charge in [-0.1, -0.05) is 17.7 Å². The molecular formula is C23H20ClN3O3S. The molecule has 31 heavy (non-hydrogen) atoms. The van der Waals surface area contributed by atoms with Gasteiger partial charge in [0.25, 0.3) is 0 Å². The summed E-state index contributed by atoms with van der Waals surface area (Å²) in [6.45, 7) is 1.19. The predicted octanol–water partition coefficient (Wildman–Crippen LogP) is 5.14. The van der Waals surface area contributed by atoms with Gasteiger partial charge in [0, 0.05) is 57.6 Å². The molecule has 0 bridgehead atoms. The summed E-state index contributed by atoms with van der Waals surface area (Å²) >= 11 is 7.71. The van der Waals surface area contributed by atoms with Crippen molar-refractivity contribution < 1.29 is 14.6 Å². The highest BCUT2D eigenvalue weighted by Gasteiger charge is 2.33. The van der Waals surface area contributed by atoms with Crippen molar-refractivity contribution in [3.63, 3.8) is 0 Å². The largest absolute Gasteiger partial charge is 0.497 e. The van der Waals surface area contributed by atoms with E-state index in [1.807, 2.05) is 41.3 Å². The zero-order valence-corrected chi connectivity index (χ0v) is 18.3. The number of nitrogens with one attached hydrogen (secondary N) is 1. The number of H-pyrrole nitrogens is 1. The number of thiazole rings is 1. The smallest absolute Gasteiger partial charge is 0.325 e. The lowest BCUT2D eigenvalue weighted by atomic mass is 10.0. The summed E-state index contributed by atoms with van der Waals surface area (Å²) in [6.07, 6.45) is 2.50. The van der Waals surface area contributed by atoms with E-state index >= 15 is 0 Å². The molecule has 2 aromatic heterocycles. The number of aliphatic carboxylic acids is 1. The first-order chi connectivity index (χ1) is 15.0. The van der Waals surface area contributed by atoms with Gasteiger partial charge in [-0.3, -0.25) is 9.69 Å². The van der Waals surface area contributed by atoms with Gasteiger partial charge in [0.2, 0.25) is 0 Å². The van der Waals surface area contributed by atoms with Crippen LogP contribution in [0.4, 0.5) is 0 Å². The number of aromatic amines is 1. The van der Waals surface area contributed by atoms with E-state index < -0.39 is 12.0 Å². The molecule has 0 saturated heterocycles. The van der Waals surface area contributed by atoms with Gasteiger partial charge in [0.1, 0.15) is 16.8 Å². The van der Waals surface area contributed by atoms with Crippen LogP contribution in [-0.2, 0) is 17.8 Å². The van der Waals surface area contributed by atoms with Crippen molar-refractivity contribution in [2.24, 2.45) is 0 Å². The van der Waals surface area contributed by atoms with Crippen molar-refractivity contribution in [3.05, 3.63) is 69.8 Å². The lowest BCUT2D eigenvalue weighted by Crippen LogP contribution is -2.37. The highest BCUT2D eigenvalue weighted by atomic mass is 35.5. The first-order valence-corrected chi connectivity index (χ1v) is 11.1. The topological polar surface area (TPSA) is 78.4 Å². The molecular weight excluding hydrogens is 434 g/mol. The van der Waals surface area contributed by atoms with Crippen LogP contribution in [-0.4, -0.2) is 39.6 Å². The first kappa shape index (κ1) is 20.1. The van der Waals surface area contributed by atoms with Crippen LogP contribution in [0.25, 0.3) is 21.5 Å².